The molecule has 0 aliphatic carbocycles. The van der Waals surface area contributed by atoms with E-state index in [0.29, 0.717) is 19.6 Å². The van der Waals surface area contributed by atoms with E-state index in [9.17, 15) is 5.11 Å². The van der Waals surface area contributed by atoms with Gasteiger partial charge in [-0.05, 0) is 19.3 Å². The van der Waals surface area contributed by atoms with Crippen LogP contribution in [0.25, 0.3) is 0 Å². The number of hydrogen-bond acceptors (Lipinski definition) is 3. The van der Waals surface area contributed by atoms with Gasteiger partial charge in [0.15, 0.2) is 0 Å². The Morgan fingerprint density at radius 3 is 2.00 bits per heavy atom. The van der Waals surface area contributed by atoms with Crippen LogP contribution in [0.15, 0.2) is 0 Å². The largest absolute Gasteiger partial charge is 0.343 e. The summed E-state index contributed by atoms with van der Waals surface area (Å²) in [6.45, 7) is 7.33. The topological polar surface area (TPSA) is 38.7 Å². The highest BCUT2D eigenvalue weighted by molar-refractivity contribution is 4.55. The Kier molecular flexibility index (Phi) is 9.06. The second-order valence-corrected chi connectivity index (χ2v) is 3.87. The summed E-state index contributed by atoms with van der Waals surface area (Å²) in [5.41, 5.74) is 0. The molecule has 0 radical (unpaired) electrons. The molecule has 0 saturated heterocycles. The molecule has 0 amide bonds. The van der Waals surface area contributed by atoms with E-state index in [-0.39, 0.29) is 0 Å². The minimum Gasteiger partial charge on any atom is -0.343 e. The van der Waals surface area contributed by atoms with E-state index in [4.69, 9.17) is 9.47 Å². The standard InChI is InChI=1S/C12H26O3/c1-4-7-9-12(13,14-10-6-3)15-11-8-5-2/h13H,4-11H2,1-3H3. The van der Waals surface area contributed by atoms with E-state index in [2.05, 4.69) is 13.8 Å². The van der Waals surface area contributed by atoms with Crippen LogP contribution in [0.2, 0.25) is 0 Å². The Morgan fingerprint density at radius 1 is 0.867 bits per heavy atom. The van der Waals surface area contributed by atoms with Gasteiger partial charge in [0, 0.05) is 6.42 Å². The van der Waals surface area contributed by atoms with E-state index in [0.717, 1.165) is 32.1 Å². The van der Waals surface area contributed by atoms with Gasteiger partial charge in [-0.1, -0.05) is 33.6 Å². The fourth-order valence-electron chi connectivity index (χ4n) is 1.22. The summed E-state index contributed by atoms with van der Waals surface area (Å²) >= 11 is 0. The monoisotopic (exact) mass is 218 g/mol. The lowest BCUT2D eigenvalue weighted by Crippen LogP contribution is -2.36. The van der Waals surface area contributed by atoms with Crippen molar-refractivity contribution in [1.82, 2.24) is 0 Å². The third kappa shape index (κ3) is 7.77. The lowest BCUT2D eigenvalue weighted by atomic mass is 10.2. The summed E-state index contributed by atoms with van der Waals surface area (Å²) in [4.78, 5) is 0. The van der Waals surface area contributed by atoms with Crippen molar-refractivity contribution >= 4 is 0 Å². The SMILES string of the molecule is CCCCOC(O)(CCCC)OCCC. The summed E-state index contributed by atoms with van der Waals surface area (Å²) < 4.78 is 10.8. The Morgan fingerprint density at radius 2 is 1.47 bits per heavy atom. The molecule has 0 aliphatic rings. The first-order valence-electron chi connectivity index (χ1n) is 6.18. The van der Waals surface area contributed by atoms with Crippen molar-refractivity contribution in [3.8, 4) is 0 Å². The molecule has 92 valence electrons. The molecular formula is C12H26O3. The van der Waals surface area contributed by atoms with Crippen molar-refractivity contribution in [2.24, 2.45) is 0 Å². The van der Waals surface area contributed by atoms with Crippen LogP contribution in [0.4, 0.5) is 0 Å². The van der Waals surface area contributed by atoms with Gasteiger partial charge in [-0.2, -0.15) is 0 Å². The van der Waals surface area contributed by atoms with Crippen molar-refractivity contribution in [3.63, 3.8) is 0 Å². The predicted octanol–water partition coefficient (Wildman–Crippen LogP) is 3.07. The van der Waals surface area contributed by atoms with Crippen molar-refractivity contribution in [1.29, 1.82) is 0 Å². The predicted molar refractivity (Wildman–Crippen MR) is 61.6 cm³/mol. The van der Waals surface area contributed by atoms with E-state index in [1.54, 1.807) is 0 Å². The molecule has 0 fully saturated rings. The minimum absolute atomic E-state index is 0.548. The van der Waals surface area contributed by atoms with Gasteiger partial charge in [-0.3, -0.25) is 0 Å². The van der Waals surface area contributed by atoms with Crippen LogP contribution in [0.1, 0.15) is 59.3 Å². The maximum absolute atomic E-state index is 10.1. The highest BCUT2D eigenvalue weighted by Crippen LogP contribution is 2.18. The molecule has 0 aliphatic heterocycles. The zero-order valence-electron chi connectivity index (χ0n) is 10.4. The van der Waals surface area contributed by atoms with E-state index in [1.807, 2.05) is 6.92 Å². The van der Waals surface area contributed by atoms with Crippen LogP contribution in [-0.4, -0.2) is 24.3 Å². The Balaban J connectivity index is 3.89. The Hall–Kier alpha value is -0.120. The third-order valence-electron chi connectivity index (χ3n) is 2.20. The molecule has 3 nitrogen and oxygen atoms in total. The number of rotatable bonds is 10. The number of unbranched alkanes of at least 4 members (excludes halogenated alkanes) is 2. The van der Waals surface area contributed by atoms with Crippen LogP contribution in [0.5, 0.6) is 0 Å². The molecule has 0 saturated carbocycles. The average molecular weight is 218 g/mol. The summed E-state index contributed by atoms with van der Waals surface area (Å²) in [6.07, 6.45) is 5.45. The Bertz CT molecular complexity index is 129. The van der Waals surface area contributed by atoms with Crippen LogP contribution in [0, 0.1) is 0 Å². The van der Waals surface area contributed by atoms with E-state index >= 15 is 0 Å². The van der Waals surface area contributed by atoms with Crippen molar-refractivity contribution in [2.45, 2.75) is 65.3 Å². The van der Waals surface area contributed by atoms with Gasteiger partial charge in [0.2, 0.25) is 0 Å². The molecular weight excluding hydrogens is 192 g/mol. The smallest absolute Gasteiger partial charge is 0.280 e. The molecule has 0 aromatic rings. The zero-order valence-corrected chi connectivity index (χ0v) is 10.4. The van der Waals surface area contributed by atoms with E-state index in [1.165, 1.54) is 0 Å². The van der Waals surface area contributed by atoms with Gasteiger partial charge in [0.25, 0.3) is 5.97 Å². The molecule has 1 atom stereocenters. The highest BCUT2D eigenvalue weighted by atomic mass is 16.8. The first kappa shape index (κ1) is 14.9. The van der Waals surface area contributed by atoms with Crippen molar-refractivity contribution in [2.75, 3.05) is 13.2 Å². The highest BCUT2D eigenvalue weighted by Gasteiger charge is 2.27. The second-order valence-electron chi connectivity index (χ2n) is 3.87. The fourth-order valence-corrected chi connectivity index (χ4v) is 1.22. The molecule has 0 rings (SSSR count). The quantitative estimate of drug-likeness (QED) is 0.452. The lowest BCUT2D eigenvalue weighted by Gasteiger charge is -2.27. The molecule has 1 unspecified atom stereocenters. The Labute approximate surface area is 93.8 Å². The molecule has 0 aromatic carbocycles. The van der Waals surface area contributed by atoms with Gasteiger partial charge in [0.1, 0.15) is 0 Å². The lowest BCUT2D eigenvalue weighted by molar-refractivity contribution is -0.363. The van der Waals surface area contributed by atoms with Crippen LogP contribution in [0.3, 0.4) is 0 Å². The van der Waals surface area contributed by atoms with Crippen LogP contribution in [-0.2, 0) is 9.47 Å². The average Bonchev–Trinajstić information content (AvgIpc) is 2.24. The summed E-state index contributed by atoms with van der Waals surface area (Å²) in [5.74, 6) is -1.35. The van der Waals surface area contributed by atoms with Gasteiger partial charge in [-0.15, -0.1) is 0 Å². The number of aliphatic hydroxyl groups is 1. The first-order chi connectivity index (χ1) is 7.18. The summed E-state index contributed by atoms with van der Waals surface area (Å²) in [6, 6.07) is 0. The molecule has 0 aromatic heterocycles. The molecule has 0 heterocycles. The van der Waals surface area contributed by atoms with Crippen LogP contribution < -0.4 is 0 Å². The van der Waals surface area contributed by atoms with Gasteiger partial charge in [0.05, 0.1) is 13.2 Å². The molecule has 0 spiro atoms. The number of hydrogen-bond donors (Lipinski definition) is 1. The van der Waals surface area contributed by atoms with Crippen LogP contribution >= 0.6 is 0 Å². The second kappa shape index (κ2) is 9.13. The summed E-state index contributed by atoms with van der Waals surface area (Å²) in [7, 11) is 0. The first-order valence-corrected chi connectivity index (χ1v) is 6.18. The molecule has 1 N–H and O–H groups in total. The zero-order chi connectivity index (χ0) is 11.6. The van der Waals surface area contributed by atoms with Gasteiger partial charge >= 0.3 is 0 Å². The fraction of sp³-hybridized carbons (Fsp3) is 1.00. The molecule has 15 heavy (non-hydrogen) atoms. The van der Waals surface area contributed by atoms with Gasteiger partial charge < -0.3 is 14.6 Å². The molecule has 0 bridgehead atoms. The van der Waals surface area contributed by atoms with E-state index < -0.39 is 5.97 Å². The maximum Gasteiger partial charge on any atom is 0.280 e. The van der Waals surface area contributed by atoms with Gasteiger partial charge in [-0.25, -0.2) is 0 Å². The third-order valence-corrected chi connectivity index (χ3v) is 2.20. The summed E-state index contributed by atoms with van der Waals surface area (Å²) in [5, 5.41) is 10.1. The maximum atomic E-state index is 10.1. The normalized spacial score (nSPS) is 15.2. The van der Waals surface area contributed by atoms with Crippen molar-refractivity contribution in [3.05, 3.63) is 0 Å². The minimum atomic E-state index is -1.35. The number of ether oxygens (including phenoxy) is 2. The molecule has 3 heteroatoms. The van der Waals surface area contributed by atoms with Crippen molar-refractivity contribution < 1.29 is 14.6 Å².